The number of furan rings is 1. The van der Waals surface area contributed by atoms with Gasteiger partial charge in [-0.25, -0.2) is 13.6 Å². The van der Waals surface area contributed by atoms with E-state index < -0.39 is 10.0 Å². The minimum atomic E-state index is -3.75. The molecule has 0 spiro atoms. The van der Waals surface area contributed by atoms with E-state index in [2.05, 4.69) is 0 Å². The van der Waals surface area contributed by atoms with Gasteiger partial charge in [-0.1, -0.05) is 0 Å². The monoisotopic (exact) mass is 257 g/mol. The molecule has 0 unspecified atom stereocenters. The van der Waals surface area contributed by atoms with E-state index in [4.69, 9.17) is 19.0 Å². The molecule has 0 aliphatic rings. The number of rotatable bonds is 3. The number of hydrogen-bond acceptors (Lipinski definition) is 5. The van der Waals surface area contributed by atoms with Gasteiger partial charge in [-0.3, -0.25) is 0 Å². The molecule has 1 aromatic heterocycles. The van der Waals surface area contributed by atoms with Crippen LogP contribution in [-0.4, -0.2) is 22.6 Å². The summed E-state index contributed by atoms with van der Waals surface area (Å²) in [6.45, 7) is 0. The molecular formula is C10H11NO5S. The van der Waals surface area contributed by atoms with Gasteiger partial charge in [0.15, 0.2) is 0 Å². The minimum Gasteiger partial charge on any atom is -0.489 e. The van der Waals surface area contributed by atoms with Crippen LogP contribution in [0.4, 0.5) is 0 Å². The summed E-state index contributed by atoms with van der Waals surface area (Å²) in [6, 6.07) is 4.27. The average Bonchev–Trinajstić information content (AvgIpc) is 2.64. The summed E-state index contributed by atoms with van der Waals surface area (Å²) in [6.07, 6.45) is 0. The van der Waals surface area contributed by atoms with Crippen molar-refractivity contribution < 1.29 is 22.3 Å². The van der Waals surface area contributed by atoms with Crippen LogP contribution in [0, 0.1) is 0 Å². The Morgan fingerprint density at radius 2 is 1.94 bits per heavy atom. The van der Waals surface area contributed by atoms with E-state index in [1.165, 1.54) is 26.4 Å². The predicted molar refractivity (Wildman–Crippen MR) is 60.7 cm³/mol. The zero-order valence-electron chi connectivity index (χ0n) is 9.26. The quantitative estimate of drug-likeness (QED) is 0.888. The van der Waals surface area contributed by atoms with Crippen LogP contribution in [0.2, 0.25) is 0 Å². The van der Waals surface area contributed by atoms with Crippen LogP contribution in [0.25, 0.3) is 11.0 Å². The maximum Gasteiger partial charge on any atom is 0.329 e. The van der Waals surface area contributed by atoms with Crippen molar-refractivity contribution in [2.24, 2.45) is 5.14 Å². The lowest BCUT2D eigenvalue weighted by molar-refractivity contribution is 0.287. The molecule has 0 bridgehead atoms. The molecule has 0 aliphatic carbocycles. The topological polar surface area (TPSA) is 91.8 Å². The lowest BCUT2D eigenvalue weighted by Gasteiger charge is -1.98. The summed E-state index contributed by atoms with van der Waals surface area (Å²) in [5.74, 6) is 0.609. The highest BCUT2D eigenvalue weighted by atomic mass is 32.2. The largest absolute Gasteiger partial charge is 0.489 e. The van der Waals surface area contributed by atoms with Gasteiger partial charge in [0.2, 0.25) is 15.8 Å². The number of sulfonamides is 1. The Bertz CT molecular complexity index is 659. The first-order chi connectivity index (χ1) is 7.97. The molecule has 1 aromatic carbocycles. The zero-order valence-corrected chi connectivity index (χ0v) is 10.1. The lowest BCUT2D eigenvalue weighted by atomic mass is 10.2. The summed E-state index contributed by atoms with van der Waals surface area (Å²) >= 11 is 0. The van der Waals surface area contributed by atoms with E-state index in [0.717, 1.165) is 0 Å². The van der Waals surface area contributed by atoms with Crippen molar-refractivity contribution in [2.45, 2.75) is 4.90 Å². The lowest BCUT2D eigenvalue weighted by Crippen LogP contribution is -2.11. The second-order valence-corrected chi connectivity index (χ2v) is 4.89. The highest BCUT2D eigenvalue weighted by Gasteiger charge is 2.18. The van der Waals surface area contributed by atoms with Gasteiger partial charge in [0.05, 0.1) is 24.5 Å². The van der Waals surface area contributed by atoms with Crippen LogP contribution in [-0.2, 0) is 10.0 Å². The molecule has 92 valence electrons. The van der Waals surface area contributed by atoms with Crippen LogP contribution in [0.5, 0.6) is 11.7 Å². The third-order valence-corrected chi connectivity index (χ3v) is 3.21. The molecule has 0 amide bonds. The highest BCUT2D eigenvalue weighted by molar-refractivity contribution is 7.89. The van der Waals surface area contributed by atoms with Crippen molar-refractivity contribution in [1.29, 1.82) is 0 Å². The molecule has 2 aromatic rings. The van der Waals surface area contributed by atoms with Gasteiger partial charge in [0, 0.05) is 6.07 Å². The molecule has 2 rings (SSSR count). The van der Waals surface area contributed by atoms with Crippen molar-refractivity contribution >= 4 is 21.0 Å². The fraction of sp³-hybridized carbons (Fsp3) is 0.200. The first kappa shape index (κ1) is 11.7. The molecule has 0 aliphatic heterocycles. The molecule has 0 saturated carbocycles. The Labute approximate surface area is 98.0 Å². The van der Waals surface area contributed by atoms with Gasteiger partial charge in [-0.2, -0.15) is 0 Å². The molecule has 17 heavy (non-hydrogen) atoms. The van der Waals surface area contributed by atoms with E-state index in [1.807, 2.05) is 0 Å². The van der Waals surface area contributed by atoms with Crippen molar-refractivity contribution in [3.8, 4) is 11.7 Å². The zero-order chi connectivity index (χ0) is 12.6. The van der Waals surface area contributed by atoms with Crippen LogP contribution in [0.3, 0.4) is 0 Å². The van der Waals surface area contributed by atoms with Crippen molar-refractivity contribution in [2.75, 3.05) is 14.2 Å². The summed E-state index contributed by atoms with van der Waals surface area (Å²) in [5, 5.41) is 5.65. The smallest absolute Gasteiger partial charge is 0.329 e. The maximum atomic E-state index is 11.2. The summed E-state index contributed by atoms with van der Waals surface area (Å²) in [7, 11) is -0.849. The molecular weight excluding hydrogens is 246 g/mol. The maximum absolute atomic E-state index is 11.2. The molecule has 0 atom stereocenters. The van der Waals surface area contributed by atoms with Gasteiger partial charge in [0.1, 0.15) is 5.58 Å². The first-order valence-corrected chi connectivity index (χ1v) is 6.19. The minimum absolute atomic E-state index is 0.0240. The van der Waals surface area contributed by atoms with Gasteiger partial charge in [-0.15, -0.1) is 0 Å². The van der Waals surface area contributed by atoms with Crippen LogP contribution in [0.15, 0.2) is 27.5 Å². The number of fused-ring (bicyclic) bond motifs is 1. The molecule has 1 heterocycles. The van der Waals surface area contributed by atoms with E-state index in [0.29, 0.717) is 16.7 Å². The Morgan fingerprint density at radius 1 is 1.24 bits per heavy atom. The third kappa shape index (κ3) is 1.94. The second-order valence-electron chi connectivity index (χ2n) is 3.33. The fourth-order valence-electron chi connectivity index (χ4n) is 1.54. The fourth-order valence-corrected chi connectivity index (χ4v) is 2.06. The molecule has 2 N–H and O–H groups in total. The molecule has 6 nitrogen and oxygen atoms in total. The van der Waals surface area contributed by atoms with Crippen LogP contribution >= 0.6 is 0 Å². The number of primary sulfonamides is 1. The Hall–Kier alpha value is -1.73. The highest BCUT2D eigenvalue weighted by Crippen LogP contribution is 2.39. The third-order valence-electron chi connectivity index (χ3n) is 2.30. The summed E-state index contributed by atoms with van der Waals surface area (Å²) in [4.78, 5) is -0.0240. The Balaban J connectivity index is 2.72. The van der Waals surface area contributed by atoms with Crippen molar-refractivity contribution in [3.05, 3.63) is 18.2 Å². The average molecular weight is 257 g/mol. The van der Waals surface area contributed by atoms with Gasteiger partial charge < -0.3 is 13.9 Å². The van der Waals surface area contributed by atoms with Crippen molar-refractivity contribution in [3.63, 3.8) is 0 Å². The van der Waals surface area contributed by atoms with Crippen LogP contribution < -0.4 is 14.6 Å². The van der Waals surface area contributed by atoms with E-state index in [1.54, 1.807) is 6.07 Å². The van der Waals surface area contributed by atoms with Gasteiger partial charge in [0.25, 0.3) is 0 Å². The first-order valence-electron chi connectivity index (χ1n) is 4.64. The molecule has 0 fully saturated rings. The Morgan fingerprint density at radius 3 is 2.47 bits per heavy atom. The number of nitrogens with two attached hydrogens (primary N) is 1. The molecule has 0 radical (unpaired) electrons. The number of methoxy groups -OCH3 is 2. The van der Waals surface area contributed by atoms with E-state index in [9.17, 15) is 8.42 Å². The van der Waals surface area contributed by atoms with Crippen LogP contribution in [0.1, 0.15) is 0 Å². The van der Waals surface area contributed by atoms with E-state index in [-0.39, 0.29) is 10.8 Å². The number of benzene rings is 1. The number of ether oxygens (including phenoxy) is 2. The van der Waals surface area contributed by atoms with Crippen molar-refractivity contribution in [1.82, 2.24) is 0 Å². The standard InChI is InChI=1S/C10H11NO5S/c1-14-9-7-4-3-6(17(11,12)13)5-8(7)16-10(9)15-2/h3-5H,1-2H3,(H2,11,12,13). The molecule has 7 heteroatoms. The summed E-state index contributed by atoms with van der Waals surface area (Å²) < 4.78 is 37.8. The predicted octanol–water partition coefficient (Wildman–Crippen LogP) is 1.10. The van der Waals surface area contributed by atoms with Gasteiger partial charge >= 0.3 is 5.95 Å². The molecule has 0 saturated heterocycles. The number of hydrogen-bond donors (Lipinski definition) is 1. The second kappa shape index (κ2) is 3.94. The van der Waals surface area contributed by atoms with Gasteiger partial charge in [-0.05, 0) is 12.1 Å². The normalized spacial score (nSPS) is 11.7. The Kier molecular flexibility index (Phi) is 2.72. The summed E-state index contributed by atoms with van der Waals surface area (Å²) in [5.41, 5.74) is 0.338. The SMILES string of the molecule is COc1oc2cc(S(N)(=O)=O)ccc2c1OC. The van der Waals surface area contributed by atoms with E-state index >= 15 is 0 Å².